The van der Waals surface area contributed by atoms with Gasteiger partial charge in [-0.25, -0.2) is 4.79 Å². The first-order chi connectivity index (χ1) is 11.0. The molecule has 7 nitrogen and oxygen atoms in total. The molecule has 0 heterocycles. The molecule has 7 heteroatoms. The van der Waals surface area contributed by atoms with Crippen molar-refractivity contribution in [2.45, 2.75) is 37.9 Å². The lowest BCUT2D eigenvalue weighted by molar-refractivity contribution is -0.124. The average Bonchev–Trinajstić information content (AvgIpc) is 3.31. The van der Waals surface area contributed by atoms with E-state index in [1.165, 1.54) is 7.11 Å². The largest absolute Gasteiger partial charge is 0.383 e. The van der Waals surface area contributed by atoms with E-state index in [-0.39, 0.29) is 24.6 Å². The van der Waals surface area contributed by atoms with Gasteiger partial charge in [-0.3, -0.25) is 4.79 Å². The number of amides is 3. The topological polar surface area (TPSA) is 105 Å². The number of carbonyl (C=O) groups is 2. The molecule has 1 saturated carbocycles. The molecular formula is C16H24N4O3. The van der Waals surface area contributed by atoms with Crippen molar-refractivity contribution in [3.8, 4) is 0 Å². The zero-order valence-corrected chi connectivity index (χ0v) is 13.5. The minimum absolute atomic E-state index is 0.178. The van der Waals surface area contributed by atoms with Crippen LogP contribution >= 0.6 is 0 Å². The quantitative estimate of drug-likeness (QED) is 0.604. The number of rotatable bonds is 7. The summed E-state index contributed by atoms with van der Waals surface area (Å²) in [5.74, 6) is -0.259. The fourth-order valence-electron chi connectivity index (χ4n) is 2.09. The van der Waals surface area contributed by atoms with Gasteiger partial charge in [0.2, 0.25) is 5.91 Å². The summed E-state index contributed by atoms with van der Waals surface area (Å²) in [6.07, 6.45) is 2.10. The maximum Gasteiger partial charge on any atom is 0.319 e. The van der Waals surface area contributed by atoms with Crippen molar-refractivity contribution in [3.05, 3.63) is 29.8 Å². The van der Waals surface area contributed by atoms with E-state index in [1.54, 1.807) is 12.1 Å². The average molecular weight is 320 g/mol. The molecule has 0 bridgehead atoms. The number of hydrogen-bond donors (Lipinski definition) is 4. The molecule has 2 rings (SSSR count). The molecule has 2 unspecified atom stereocenters. The number of urea groups is 1. The number of nitrogens with two attached hydrogens (primary N) is 1. The summed E-state index contributed by atoms with van der Waals surface area (Å²) in [4.78, 5) is 23.5. The van der Waals surface area contributed by atoms with E-state index in [2.05, 4.69) is 16.0 Å². The van der Waals surface area contributed by atoms with Crippen LogP contribution < -0.4 is 21.7 Å². The normalized spacial score (nSPS) is 16.3. The Kier molecular flexibility index (Phi) is 5.95. The van der Waals surface area contributed by atoms with E-state index >= 15 is 0 Å². The molecule has 1 fully saturated rings. The number of carbonyl (C=O) groups excluding carboxylic acids is 2. The third-order valence-electron chi connectivity index (χ3n) is 3.62. The predicted molar refractivity (Wildman–Crippen MR) is 88.0 cm³/mol. The van der Waals surface area contributed by atoms with E-state index in [0.29, 0.717) is 11.7 Å². The summed E-state index contributed by atoms with van der Waals surface area (Å²) in [5.41, 5.74) is 7.32. The summed E-state index contributed by atoms with van der Waals surface area (Å²) in [6, 6.07) is 6.60. The fraction of sp³-hybridized carbons (Fsp3) is 0.500. The van der Waals surface area contributed by atoms with E-state index in [0.717, 1.165) is 18.4 Å². The van der Waals surface area contributed by atoms with Crippen LogP contribution in [0.4, 0.5) is 10.5 Å². The van der Waals surface area contributed by atoms with Gasteiger partial charge < -0.3 is 26.4 Å². The zero-order valence-electron chi connectivity index (χ0n) is 13.5. The van der Waals surface area contributed by atoms with Crippen molar-refractivity contribution in [2.75, 3.05) is 19.0 Å². The number of methoxy groups -OCH3 is 1. The Balaban J connectivity index is 1.85. The Morgan fingerprint density at radius 1 is 1.30 bits per heavy atom. The van der Waals surface area contributed by atoms with Crippen molar-refractivity contribution < 1.29 is 14.3 Å². The van der Waals surface area contributed by atoms with Crippen LogP contribution in [-0.4, -0.2) is 37.7 Å². The Hall–Kier alpha value is -2.12. The fourth-order valence-corrected chi connectivity index (χ4v) is 2.09. The smallest absolute Gasteiger partial charge is 0.319 e. The monoisotopic (exact) mass is 320 g/mol. The van der Waals surface area contributed by atoms with E-state index in [9.17, 15) is 9.59 Å². The molecule has 2 atom stereocenters. The second-order valence-corrected chi connectivity index (χ2v) is 5.79. The third kappa shape index (κ3) is 5.54. The Morgan fingerprint density at radius 2 is 1.96 bits per heavy atom. The molecule has 23 heavy (non-hydrogen) atoms. The van der Waals surface area contributed by atoms with Gasteiger partial charge in [0.05, 0.1) is 12.6 Å². The lowest BCUT2D eigenvalue weighted by Gasteiger charge is -2.18. The summed E-state index contributed by atoms with van der Waals surface area (Å²) in [5, 5.41) is 8.47. The maximum absolute atomic E-state index is 11.9. The summed E-state index contributed by atoms with van der Waals surface area (Å²) in [7, 11) is 1.50. The van der Waals surface area contributed by atoms with Gasteiger partial charge in [-0.2, -0.15) is 0 Å². The highest BCUT2D eigenvalue weighted by Gasteiger charge is 2.23. The minimum atomic E-state index is -0.686. The maximum atomic E-state index is 11.9. The summed E-state index contributed by atoms with van der Waals surface area (Å²) < 4.78 is 4.86. The summed E-state index contributed by atoms with van der Waals surface area (Å²) in [6.45, 7) is 2.05. The van der Waals surface area contributed by atoms with Gasteiger partial charge in [0.15, 0.2) is 0 Å². The first kappa shape index (κ1) is 17.2. The van der Waals surface area contributed by atoms with Crippen LogP contribution in [0.2, 0.25) is 0 Å². The molecule has 0 aliphatic heterocycles. The number of nitrogens with one attached hydrogen (secondary N) is 3. The minimum Gasteiger partial charge on any atom is -0.383 e. The molecule has 1 aliphatic rings. The van der Waals surface area contributed by atoms with Crippen molar-refractivity contribution in [1.29, 1.82) is 0 Å². The second-order valence-electron chi connectivity index (χ2n) is 5.79. The van der Waals surface area contributed by atoms with Gasteiger partial charge in [-0.15, -0.1) is 0 Å². The highest BCUT2D eigenvalue weighted by atomic mass is 16.5. The molecule has 5 N–H and O–H groups in total. The Morgan fingerprint density at radius 3 is 2.52 bits per heavy atom. The van der Waals surface area contributed by atoms with Gasteiger partial charge in [0, 0.05) is 18.8 Å². The predicted octanol–water partition coefficient (Wildman–Crippen LogP) is 1.12. The molecule has 1 aromatic carbocycles. The van der Waals surface area contributed by atoms with E-state index in [1.807, 2.05) is 19.1 Å². The van der Waals surface area contributed by atoms with Crippen LogP contribution in [0.1, 0.15) is 31.4 Å². The van der Waals surface area contributed by atoms with Crippen LogP contribution in [0.5, 0.6) is 0 Å². The molecule has 1 aromatic rings. The molecule has 0 radical (unpaired) electrons. The Labute approximate surface area is 136 Å². The van der Waals surface area contributed by atoms with E-state index in [4.69, 9.17) is 10.5 Å². The molecular weight excluding hydrogens is 296 g/mol. The highest BCUT2D eigenvalue weighted by Crippen LogP contribution is 2.19. The van der Waals surface area contributed by atoms with Crippen LogP contribution in [0, 0.1) is 0 Å². The molecule has 0 spiro atoms. The molecule has 1 aliphatic carbocycles. The lowest BCUT2D eigenvalue weighted by Crippen LogP contribution is -2.44. The Bertz CT molecular complexity index is 543. The highest BCUT2D eigenvalue weighted by molar-refractivity contribution is 5.89. The number of ether oxygens (including phenoxy) is 1. The van der Waals surface area contributed by atoms with Crippen LogP contribution in [0.25, 0.3) is 0 Å². The third-order valence-corrected chi connectivity index (χ3v) is 3.62. The standard InChI is InChI=1S/C16H24N4O3/c1-10(18-15(21)14(17)9-23-2)11-3-5-12(6-4-11)19-16(22)20-13-7-8-13/h3-6,10,13-14H,7-9,17H2,1-2H3,(H,18,21)(H2,19,20,22). The number of anilines is 1. The van der Waals surface area contributed by atoms with Gasteiger partial charge >= 0.3 is 6.03 Å². The van der Waals surface area contributed by atoms with Gasteiger partial charge in [-0.1, -0.05) is 12.1 Å². The molecule has 0 saturated heterocycles. The van der Waals surface area contributed by atoms with Crippen molar-refractivity contribution in [1.82, 2.24) is 10.6 Å². The number of benzene rings is 1. The van der Waals surface area contributed by atoms with Gasteiger partial charge in [0.1, 0.15) is 6.04 Å². The van der Waals surface area contributed by atoms with Gasteiger partial charge in [-0.05, 0) is 37.5 Å². The second kappa shape index (κ2) is 7.94. The van der Waals surface area contributed by atoms with Crippen molar-refractivity contribution in [3.63, 3.8) is 0 Å². The van der Waals surface area contributed by atoms with E-state index < -0.39 is 6.04 Å². The van der Waals surface area contributed by atoms with Crippen LogP contribution in [0.3, 0.4) is 0 Å². The summed E-state index contributed by atoms with van der Waals surface area (Å²) >= 11 is 0. The van der Waals surface area contributed by atoms with Gasteiger partial charge in [0.25, 0.3) is 0 Å². The lowest BCUT2D eigenvalue weighted by atomic mass is 10.1. The first-order valence-corrected chi connectivity index (χ1v) is 7.72. The van der Waals surface area contributed by atoms with Crippen LogP contribution in [-0.2, 0) is 9.53 Å². The van der Waals surface area contributed by atoms with Crippen molar-refractivity contribution >= 4 is 17.6 Å². The zero-order chi connectivity index (χ0) is 16.8. The first-order valence-electron chi connectivity index (χ1n) is 7.72. The molecule has 3 amide bonds. The van der Waals surface area contributed by atoms with Crippen LogP contribution in [0.15, 0.2) is 24.3 Å². The number of hydrogen-bond acceptors (Lipinski definition) is 4. The molecule has 126 valence electrons. The van der Waals surface area contributed by atoms with Crippen molar-refractivity contribution in [2.24, 2.45) is 5.73 Å². The SMILES string of the molecule is COCC(N)C(=O)NC(C)c1ccc(NC(=O)NC2CC2)cc1. The molecule has 0 aromatic heterocycles.